The molecule has 3 heterocycles. The number of halogens is 1. The van der Waals surface area contributed by atoms with E-state index < -0.39 is 21.9 Å². The molecule has 0 bridgehead atoms. The molecule has 1 aromatic heterocycles. The summed E-state index contributed by atoms with van der Waals surface area (Å²) in [7, 11) is -4.17. The minimum atomic E-state index is -4.17. The summed E-state index contributed by atoms with van der Waals surface area (Å²) in [6.45, 7) is 12.9. The molecule has 2 amide bonds. The highest BCUT2D eigenvalue weighted by atomic mass is 32.2. The van der Waals surface area contributed by atoms with Crippen molar-refractivity contribution in [3.63, 3.8) is 0 Å². The van der Waals surface area contributed by atoms with Gasteiger partial charge in [0.15, 0.2) is 0 Å². The number of carbonyl (C=O) groups excluding carboxylic acids is 2. The molecular weight excluding hydrogens is 549 g/mol. The molecule has 226 valence electrons. The Hall–Kier alpha value is -3.25. The fourth-order valence-corrected chi connectivity index (χ4v) is 6.79. The van der Waals surface area contributed by atoms with Gasteiger partial charge in [0.2, 0.25) is 5.91 Å². The quantitative estimate of drug-likeness (QED) is 0.453. The lowest BCUT2D eigenvalue weighted by Gasteiger charge is -2.34. The minimum Gasteiger partial charge on any atom is -0.493 e. The zero-order valence-electron chi connectivity index (χ0n) is 24.5. The molecule has 2 aliphatic rings. The SMILES string of the molecule is CC(=O)NC1CCN(S(=O)(=O)NC(=O)c2ccc(-c3cc(F)cc(OCC(C)C)c3)nc2N2CC(C)CC2(C)C)C1.[HH]. The Morgan fingerprint density at radius 3 is 2.59 bits per heavy atom. The average molecular weight is 592 g/mol. The lowest BCUT2D eigenvalue weighted by atomic mass is 9.97. The van der Waals surface area contributed by atoms with Gasteiger partial charge < -0.3 is 15.0 Å². The van der Waals surface area contributed by atoms with Gasteiger partial charge >= 0.3 is 10.2 Å². The third-order valence-corrected chi connectivity index (χ3v) is 8.77. The van der Waals surface area contributed by atoms with Gasteiger partial charge in [-0.2, -0.15) is 12.7 Å². The first-order chi connectivity index (χ1) is 19.1. The van der Waals surface area contributed by atoms with Crippen molar-refractivity contribution >= 4 is 27.8 Å². The highest BCUT2D eigenvalue weighted by Gasteiger charge is 2.40. The molecule has 0 saturated carbocycles. The average Bonchev–Trinajstić information content (AvgIpc) is 3.44. The van der Waals surface area contributed by atoms with E-state index in [1.165, 1.54) is 25.1 Å². The second kappa shape index (κ2) is 11.9. The Morgan fingerprint density at radius 2 is 1.95 bits per heavy atom. The molecule has 12 heteroatoms. The number of ether oxygens (including phenoxy) is 1. The van der Waals surface area contributed by atoms with E-state index in [1.54, 1.807) is 12.1 Å². The fraction of sp³-hybridized carbons (Fsp3) is 0.552. The van der Waals surface area contributed by atoms with Crippen LogP contribution in [0, 0.1) is 17.7 Å². The van der Waals surface area contributed by atoms with Gasteiger partial charge in [-0.15, -0.1) is 0 Å². The Bertz CT molecular complexity index is 1420. The van der Waals surface area contributed by atoms with Gasteiger partial charge in [-0.05, 0) is 62.8 Å². The zero-order chi connectivity index (χ0) is 30.1. The van der Waals surface area contributed by atoms with Crippen molar-refractivity contribution in [3.05, 3.63) is 41.7 Å². The molecule has 10 nitrogen and oxygen atoms in total. The Kier molecular flexibility index (Phi) is 8.93. The molecular formula is C29H42FN5O5S. The summed E-state index contributed by atoms with van der Waals surface area (Å²) < 4.78 is 49.9. The molecule has 2 aliphatic heterocycles. The molecule has 2 fully saturated rings. The third-order valence-electron chi connectivity index (χ3n) is 7.32. The number of nitrogens with one attached hydrogen (secondary N) is 2. The number of amides is 2. The van der Waals surface area contributed by atoms with Crippen LogP contribution >= 0.6 is 0 Å². The van der Waals surface area contributed by atoms with Crippen LogP contribution in [0.3, 0.4) is 0 Å². The normalized spacial score (nSPS) is 20.8. The van der Waals surface area contributed by atoms with Crippen molar-refractivity contribution in [1.82, 2.24) is 19.3 Å². The number of pyridine rings is 1. The van der Waals surface area contributed by atoms with E-state index in [2.05, 4.69) is 30.8 Å². The van der Waals surface area contributed by atoms with E-state index in [1.807, 2.05) is 18.7 Å². The fourth-order valence-electron chi connectivity index (χ4n) is 5.60. The minimum absolute atomic E-state index is 0. The van der Waals surface area contributed by atoms with E-state index in [4.69, 9.17) is 9.72 Å². The zero-order valence-corrected chi connectivity index (χ0v) is 25.3. The number of rotatable bonds is 9. The van der Waals surface area contributed by atoms with Crippen LogP contribution in [-0.4, -0.2) is 67.3 Å². The van der Waals surface area contributed by atoms with Crippen molar-refractivity contribution < 1.29 is 28.6 Å². The first-order valence-corrected chi connectivity index (χ1v) is 15.4. The van der Waals surface area contributed by atoms with Gasteiger partial charge in [0.25, 0.3) is 5.91 Å². The number of anilines is 1. The molecule has 2 saturated heterocycles. The molecule has 0 spiro atoms. The van der Waals surface area contributed by atoms with Gasteiger partial charge in [0.05, 0.1) is 17.9 Å². The monoisotopic (exact) mass is 591 g/mol. The molecule has 1 aromatic carbocycles. The molecule has 2 atom stereocenters. The largest absolute Gasteiger partial charge is 0.493 e. The second-order valence-corrected chi connectivity index (χ2v) is 13.8. The maximum atomic E-state index is 14.6. The van der Waals surface area contributed by atoms with Crippen LogP contribution < -0.4 is 19.7 Å². The van der Waals surface area contributed by atoms with E-state index in [-0.39, 0.29) is 43.5 Å². The molecule has 2 aromatic rings. The highest BCUT2D eigenvalue weighted by molar-refractivity contribution is 7.87. The lowest BCUT2D eigenvalue weighted by Crippen LogP contribution is -2.45. The smallest absolute Gasteiger partial charge is 0.304 e. The van der Waals surface area contributed by atoms with Crippen molar-refractivity contribution in [2.24, 2.45) is 11.8 Å². The van der Waals surface area contributed by atoms with E-state index in [0.29, 0.717) is 48.3 Å². The van der Waals surface area contributed by atoms with Crippen LogP contribution in [-0.2, 0) is 15.0 Å². The van der Waals surface area contributed by atoms with Gasteiger partial charge in [0.1, 0.15) is 17.4 Å². The highest BCUT2D eigenvalue weighted by Crippen LogP contribution is 2.38. The maximum Gasteiger partial charge on any atom is 0.304 e. The number of benzene rings is 1. The molecule has 0 aliphatic carbocycles. The van der Waals surface area contributed by atoms with E-state index >= 15 is 0 Å². The van der Waals surface area contributed by atoms with Crippen molar-refractivity contribution in [2.45, 2.75) is 66.0 Å². The Labute approximate surface area is 243 Å². The summed E-state index contributed by atoms with van der Waals surface area (Å²) >= 11 is 0. The number of aromatic nitrogens is 1. The van der Waals surface area contributed by atoms with E-state index in [9.17, 15) is 22.4 Å². The predicted octanol–water partition coefficient (Wildman–Crippen LogP) is 3.98. The van der Waals surface area contributed by atoms with Gasteiger partial charge in [-0.3, -0.25) is 9.59 Å². The van der Waals surface area contributed by atoms with Gasteiger partial charge in [-0.1, -0.05) is 20.8 Å². The summed E-state index contributed by atoms with van der Waals surface area (Å²) in [5.74, 6) is -0.242. The van der Waals surface area contributed by atoms with Crippen LogP contribution in [0.15, 0.2) is 30.3 Å². The van der Waals surface area contributed by atoms with Crippen molar-refractivity contribution in [3.8, 4) is 17.0 Å². The summed E-state index contributed by atoms with van der Waals surface area (Å²) in [5.41, 5.74) is 0.661. The summed E-state index contributed by atoms with van der Waals surface area (Å²) in [4.78, 5) is 31.7. The maximum absolute atomic E-state index is 14.6. The van der Waals surface area contributed by atoms with Crippen LogP contribution in [0.1, 0.15) is 66.2 Å². The van der Waals surface area contributed by atoms with E-state index in [0.717, 1.165) is 10.7 Å². The van der Waals surface area contributed by atoms with Crippen LogP contribution in [0.25, 0.3) is 11.3 Å². The van der Waals surface area contributed by atoms with Crippen molar-refractivity contribution in [2.75, 3.05) is 31.1 Å². The third kappa shape index (κ3) is 7.34. The number of nitrogens with zero attached hydrogens (tertiary/aromatic N) is 3. The number of hydrogen-bond donors (Lipinski definition) is 2. The summed E-state index contributed by atoms with van der Waals surface area (Å²) in [6.07, 6.45) is 1.30. The van der Waals surface area contributed by atoms with Crippen LogP contribution in [0.5, 0.6) is 5.75 Å². The van der Waals surface area contributed by atoms with Crippen LogP contribution in [0.4, 0.5) is 10.2 Å². The number of carbonyl (C=O) groups is 2. The first kappa shape index (κ1) is 30.7. The molecule has 41 heavy (non-hydrogen) atoms. The topological polar surface area (TPSA) is 121 Å². The predicted molar refractivity (Wildman–Crippen MR) is 157 cm³/mol. The molecule has 2 N–H and O–H groups in total. The van der Waals surface area contributed by atoms with Crippen LogP contribution in [0.2, 0.25) is 0 Å². The van der Waals surface area contributed by atoms with Gasteiger partial charge in [0, 0.05) is 51.2 Å². The Morgan fingerprint density at radius 1 is 1.22 bits per heavy atom. The summed E-state index contributed by atoms with van der Waals surface area (Å²) in [6, 6.07) is 7.18. The van der Waals surface area contributed by atoms with Crippen molar-refractivity contribution in [1.29, 1.82) is 0 Å². The van der Waals surface area contributed by atoms with Gasteiger partial charge in [-0.25, -0.2) is 14.1 Å². The molecule has 2 unspecified atom stereocenters. The summed E-state index contributed by atoms with van der Waals surface area (Å²) in [5, 5.41) is 2.72. The number of hydrogen-bond acceptors (Lipinski definition) is 7. The standard InChI is InChI=1S/C29H40FN5O5S.H2/c1-18(2)17-40-24-12-21(11-22(30)13-24)26-8-7-25(27(32-26)35-15-19(3)14-29(35,5)6)28(37)33-41(38,39)34-10-9-23(16-34)31-20(4)36;/h7-8,11-13,18-19,23H,9-10,14-17H2,1-6H3,(H,31,36)(H,33,37);1H. The molecule has 4 rings (SSSR count). The second-order valence-electron chi connectivity index (χ2n) is 12.2. The first-order valence-electron chi connectivity index (χ1n) is 14.0. The molecule has 0 radical (unpaired) electrons. The Balaban J connectivity index is 0.00000484. The lowest BCUT2D eigenvalue weighted by molar-refractivity contribution is -0.119.